The second kappa shape index (κ2) is 6.91. The molecule has 2 bridgehead atoms. The Bertz CT molecular complexity index is 1170. The van der Waals surface area contributed by atoms with Crippen molar-refractivity contribution in [1.82, 2.24) is 20.4 Å². The average Bonchev–Trinajstić information content (AvgIpc) is 3.42. The van der Waals surface area contributed by atoms with Crippen LogP contribution in [0.1, 0.15) is 43.1 Å². The summed E-state index contributed by atoms with van der Waals surface area (Å²) in [6, 6.07) is 6.22. The van der Waals surface area contributed by atoms with Crippen LogP contribution in [0.25, 0.3) is 11.0 Å². The summed E-state index contributed by atoms with van der Waals surface area (Å²) < 4.78 is 14.2. The van der Waals surface area contributed by atoms with Crippen LogP contribution >= 0.6 is 0 Å². The molecule has 3 heterocycles. The monoisotopic (exact) mass is 422 g/mol. The van der Waals surface area contributed by atoms with E-state index in [4.69, 9.17) is 4.98 Å². The van der Waals surface area contributed by atoms with E-state index in [2.05, 4.69) is 26.1 Å². The molecule has 5 N–H and O–H groups in total. The maximum Gasteiger partial charge on any atom is 0.308 e. The van der Waals surface area contributed by atoms with E-state index in [1.807, 2.05) is 12.1 Å². The highest BCUT2D eigenvalue weighted by molar-refractivity contribution is 5.87. The first kappa shape index (κ1) is 18.6. The van der Waals surface area contributed by atoms with Gasteiger partial charge >= 0.3 is 5.97 Å². The van der Waals surface area contributed by atoms with Crippen molar-refractivity contribution in [2.75, 3.05) is 10.7 Å². The molecule has 2 aromatic heterocycles. The third-order valence-electron chi connectivity index (χ3n) is 7.20. The molecular formula is C22H23FN6O2. The molecule has 8 nitrogen and oxygen atoms in total. The molecule has 1 unspecified atom stereocenters. The molecule has 160 valence electrons. The van der Waals surface area contributed by atoms with Crippen LogP contribution in [-0.4, -0.2) is 32.1 Å². The molecule has 4 aliphatic rings. The number of nitrogens with zero attached hydrogens (tertiary/aromatic N) is 2. The van der Waals surface area contributed by atoms with Gasteiger partial charge in [0.2, 0.25) is 0 Å². The lowest BCUT2D eigenvalue weighted by Gasteiger charge is -2.47. The van der Waals surface area contributed by atoms with Gasteiger partial charge in [0.05, 0.1) is 17.0 Å². The lowest BCUT2D eigenvalue weighted by atomic mass is 9.61. The Morgan fingerprint density at radius 1 is 1.13 bits per heavy atom. The summed E-state index contributed by atoms with van der Waals surface area (Å²) in [5, 5.41) is 14.2. The Balaban J connectivity index is 1.40. The molecule has 7 rings (SSSR count). The lowest BCUT2D eigenvalue weighted by molar-refractivity contribution is -0.148. The second-order valence-electron chi connectivity index (χ2n) is 8.79. The van der Waals surface area contributed by atoms with Gasteiger partial charge in [0.1, 0.15) is 23.3 Å². The van der Waals surface area contributed by atoms with Crippen molar-refractivity contribution >= 4 is 28.5 Å². The standard InChI is InChI=1S/C22H23FN6O2/c23-14-3-1-2-12-17(14)28-29-18(12)21-26-19-13(8-9-24-19)20(27-21)25-16-11-6-4-10(5-7-11)15(16)22(30)31/h1-3,8-11,15-16,18,28-29H,4-7H2,(H,30,31)(H2,24,25,26,27)/t10?,11?,15-,16-,18?/m0/s1. The quantitative estimate of drug-likeness (QED) is 0.438. The molecule has 0 saturated heterocycles. The van der Waals surface area contributed by atoms with Gasteiger partial charge in [-0.25, -0.2) is 19.8 Å². The number of carboxylic acids is 1. The Morgan fingerprint density at radius 2 is 1.94 bits per heavy atom. The highest BCUT2D eigenvalue weighted by Crippen LogP contribution is 2.46. The van der Waals surface area contributed by atoms with E-state index in [1.54, 1.807) is 12.3 Å². The molecule has 3 fully saturated rings. The van der Waals surface area contributed by atoms with Crippen LogP contribution in [0, 0.1) is 23.6 Å². The van der Waals surface area contributed by atoms with Gasteiger partial charge in [-0.05, 0) is 49.7 Å². The van der Waals surface area contributed by atoms with Crippen LogP contribution in [0.15, 0.2) is 30.5 Å². The summed E-state index contributed by atoms with van der Waals surface area (Å²) in [7, 11) is 0. The van der Waals surface area contributed by atoms with Gasteiger partial charge in [-0.2, -0.15) is 0 Å². The van der Waals surface area contributed by atoms with Crippen LogP contribution in [0.4, 0.5) is 15.9 Å². The molecule has 3 atom stereocenters. The number of carboxylic acid groups (broad SMARTS) is 1. The van der Waals surface area contributed by atoms with Crippen molar-refractivity contribution in [2.45, 2.75) is 37.8 Å². The number of aliphatic carboxylic acids is 1. The summed E-state index contributed by atoms with van der Waals surface area (Å²) >= 11 is 0. The number of anilines is 2. The molecular weight excluding hydrogens is 399 g/mol. The Labute approximate surface area is 177 Å². The number of fused-ring (bicyclic) bond motifs is 5. The zero-order valence-corrected chi connectivity index (χ0v) is 16.7. The highest BCUT2D eigenvalue weighted by atomic mass is 19.1. The van der Waals surface area contributed by atoms with Crippen LogP contribution < -0.4 is 16.2 Å². The number of carbonyl (C=O) groups is 1. The van der Waals surface area contributed by atoms with Gasteiger partial charge in [0, 0.05) is 17.8 Å². The Morgan fingerprint density at radius 3 is 2.74 bits per heavy atom. The number of aromatic nitrogens is 3. The first-order valence-electron chi connectivity index (χ1n) is 10.7. The summed E-state index contributed by atoms with van der Waals surface area (Å²) in [6.07, 6.45) is 5.84. The zero-order valence-electron chi connectivity index (χ0n) is 16.7. The summed E-state index contributed by atoms with van der Waals surface area (Å²) in [5.41, 5.74) is 7.75. The van der Waals surface area contributed by atoms with Crippen LogP contribution in [0.5, 0.6) is 0 Å². The number of H-pyrrole nitrogens is 1. The van der Waals surface area contributed by atoms with E-state index in [9.17, 15) is 14.3 Å². The molecule has 0 radical (unpaired) electrons. The largest absolute Gasteiger partial charge is 0.481 e. The minimum Gasteiger partial charge on any atom is -0.481 e. The third kappa shape index (κ3) is 2.87. The number of hydrazine groups is 1. The Kier molecular flexibility index (Phi) is 4.14. The predicted molar refractivity (Wildman–Crippen MR) is 113 cm³/mol. The fourth-order valence-electron chi connectivity index (χ4n) is 5.71. The van der Waals surface area contributed by atoms with E-state index >= 15 is 0 Å². The van der Waals surface area contributed by atoms with Gasteiger partial charge < -0.3 is 20.8 Å². The summed E-state index contributed by atoms with van der Waals surface area (Å²) in [6.45, 7) is 0. The van der Waals surface area contributed by atoms with Gasteiger partial charge in [-0.15, -0.1) is 0 Å². The van der Waals surface area contributed by atoms with Crippen LogP contribution in [0.2, 0.25) is 0 Å². The predicted octanol–water partition coefficient (Wildman–Crippen LogP) is 3.42. The molecule has 3 aromatic rings. The molecule has 9 heteroatoms. The number of aromatic amines is 1. The molecule has 1 aliphatic heterocycles. The number of hydrogen-bond acceptors (Lipinski definition) is 6. The maximum atomic E-state index is 14.2. The van der Waals surface area contributed by atoms with Crippen molar-refractivity contribution < 1.29 is 14.3 Å². The molecule has 3 saturated carbocycles. The second-order valence-corrected chi connectivity index (χ2v) is 8.79. The summed E-state index contributed by atoms with van der Waals surface area (Å²) in [4.78, 5) is 24.7. The molecule has 1 aromatic carbocycles. The number of hydrogen-bond donors (Lipinski definition) is 5. The van der Waals surface area contributed by atoms with Crippen LogP contribution in [-0.2, 0) is 4.79 Å². The van der Waals surface area contributed by atoms with E-state index in [0.29, 0.717) is 28.9 Å². The van der Waals surface area contributed by atoms with E-state index in [0.717, 1.165) is 36.6 Å². The SMILES string of the molecule is O=C(O)[C@H]1C2CCC(CC2)[C@@H]1Nc1nc(C2NNc3c(F)cccc32)nc2[nH]ccc12. The van der Waals surface area contributed by atoms with Crippen molar-refractivity contribution in [3.8, 4) is 0 Å². The fourth-order valence-corrected chi connectivity index (χ4v) is 5.71. The number of para-hydroxylation sites is 1. The first-order chi connectivity index (χ1) is 15.1. The van der Waals surface area contributed by atoms with Gasteiger partial charge in [0.25, 0.3) is 0 Å². The fraction of sp³-hybridized carbons (Fsp3) is 0.409. The van der Waals surface area contributed by atoms with E-state index in [-0.39, 0.29) is 17.8 Å². The highest BCUT2D eigenvalue weighted by Gasteiger charge is 2.47. The maximum absolute atomic E-state index is 14.2. The minimum absolute atomic E-state index is 0.162. The number of benzene rings is 1. The number of halogens is 1. The molecule has 3 aliphatic carbocycles. The normalized spacial score (nSPS) is 29.0. The number of nitrogens with one attached hydrogen (secondary N) is 4. The molecule has 0 spiro atoms. The van der Waals surface area contributed by atoms with E-state index < -0.39 is 17.9 Å². The van der Waals surface area contributed by atoms with Crippen molar-refractivity contribution in [2.24, 2.45) is 17.8 Å². The van der Waals surface area contributed by atoms with E-state index in [1.165, 1.54) is 6.07 Å². The average molecular weight is 422 g/mol. The first-order valence-corrected chi connectivity index (χ1v) is 10.7. The lowest BCUT2D eigenvalue weighted by Crippen LogP contribution is -2.51. The topological polar surface area (TPSA) is 115 Å². The third-order valence-corrected chi connectivity index (χ3v) is 7.20. The van der Waals surface area contributed by atoms with Crippen molar-refractivity contribution in [1.29, 1.82) is 0 Å². The number of rotatable bonds is 4. The smallest absolute Gasteiger partial charge is 0.308 e. The van der Waals surface area contributed by atoms with Crippen molar-refractivity contribution in [3.63, 3.8) is 0 Å². The Hall–Kier alpha value is -3.20. The van der Waals surface area contributed by atoms with Gasteiger partial charge in [-0.3, -0.25) is 4.79 Å². The van der Waals surface area contributed by atoms with Crippen LogP contribution in [0.3, 0.4) is 0 Å². The molecule has 0 amide bonds. The minimum atomic E-state index is -0.738. The summed E-state index contributed by atoms with van der Waals surface area (Å²) in [5.74, 6) is 0.143. The molecule has 31 heavy (non-hydrogen) atoms. The van der Waals surface area contributed by atoms with Gasteiger partial charge in [0.15, 0.2) is 5.82 Å². The van der Waals surface area contributed by atoms with Gasteiger partial charge in [-0.1, -0.05) is 12.1 Å². The zero-order chi connectivity index (χ0) is 21.1. The van der Waals surface area contributed by atoms with Crippen molar-refractivity contribution in [3.05, 3.63) is 47.7 Å².